The minimum absolute atomic E-state index is 0.171. The summed E-state index contributed by atoms with van der Waals surface area (Å²) in [6.07, 6.45) is 7.96. The summed E-state index contributed by atoms with van der Waals surface area (Å²) < 4.78 is 0. The number of aliphatic hydroxyl groups is 1. The van der Waals surface area contributed by atoms with Gasteiger partial charge in [-0.3, -0.25) is 0 Å². The maximum Gasteiger partial charge on any atom is 0.152 e. The molecular formula is C19H24Cl2N4O. The van der Waals surface area contributed by atoms with E-state index < -0.39 is 0 Å². The standard InChI is InChI=1S/C19H24Cl2N4O/c1-3-19(4-2)6-9-25(10-7-19)18-15(12-26)24-14(11-23-18)13-5-8-22-17(21)16(13)20/h5,8,11,26H,3-4,6-7,9-10,12H2,1-2H3. The molecule has 26 heavy (non-hydrogen) atoms. The maximum absolute atomic E-state index is 9.84. The van der Waals surface area contributed by atoms with Crippen LogP contribution in [0.15, 0.2) is 18.5 Å². The van der Waals surface area contributed by atoms with E-state index in [1.165, 1.54) is 12.8 Å². The maximum atomic E-state index is 9.84. The van der Waals surface area contributed by atoms with E-state index in [1.807, 2.05) is 0 Å². The molecule has 2 aromatic heterocycles. The molecular weight excluding hydrogens is 371 g/mol. The van der Waals surface area contributed by atoms with Crippen LogP contribution < -0.4 is 4.90 Å². The smallest absolute Gasteiger partial charge is 0.152 e. The summed E-state index contributed by atoms with van der Waals surface area (Å²) in [6.45, 7) is 6.25. The molecule has 140 valence electrons. The summed E-state index contributed by atoms with van der Waals surface area (Å²) in [5.74, 6) is 0.758. The first-order valence-electron chi connectivity index (χ1n) is 9.05. The third kappa shape index (κ3) is 3.66. The number of rotatable bonds is 5. The fourth-order valence-electron chi connectivity index (χ4n) is 3.69. The summed E-state index contributed by atoms with van der Waals surface area (Å²) in [6, 6.07) is 1.75. The zero-order valence-electron chi connectivity index (χ0n) is 15.2. The average Bonchev–Trinajstić information content (AvgIpc) is 2.69. The minimum Gasteiger partial charge on any atom is -0.390 e. The van der Waals surface area contributed by atoms with E-state index in [-0.39, 0.29) is 11.8 Å². The monoisotopic (exact) mass is 394 g/mol. The number of aromatic nitrogens is 3. The van der Waals surface area contributed by atoms with Crippen molar-refractivity contribution in [2.24, 2.45) is 5.41 Å². The highest BCUT2D eigenvalue weighted by Gasteiger charge is 2.32. The van der Waals surface area contributed by atoms with Gasteiger partial charge in [-0.2, -0.15) is 0 Å². The van der Waals surface area contributed by atoms with Gasteiger partial charge in [0.1, 0.15) is 10.8 Å². The van der Waals surface area contributed by atoms with Crippen LogP contribution in [0.5, 0.6) is 0 Å². The van der Waals surface area contributed by atoms with Gasteiger partial charge in [0.15, 0.2) is 5.82 Å². The molecule has 3 rings (SSSR count). The van der Waals surface area contributed by atoms with E-state index in [2.05, 4.69) is 33.7 Å². The summed E-state index contributed by atoms with van der Waals surface area (Å²) in [7, 11) is 0. The molecule has 0 spiro atoms. The number of anilines is 1. The van der Waals surface area contributed by atoms with Gasteiger partial charge in [-0.25, -0.2) is 15.0 Å². The molecule has 0 radical (unpaired) electrons. The Morgan fingerprint density at radius 3 is 2.46 bits per heavy atom. The lowest BCUT2D eigenvalue weighted by Gasteiger charge is -2.41. The summed E-state index contributed by atoms with van der Waals surface area (Å²) in [5.41, 5.74) is 2.24. The first-order chi connectivity index (χ1) is 12.5. The fourth-order valence-corrected chi connectivity index (χ4v) is 4.05. The van der Waals surface area contributed by atoms with Crippen LogP contribution >= 0.6 is 23.2 Å². The van der Waals surface area contributed by atoms with E-state index >= 15 is 0 Å². The minimum atomic E-state index is -0.171. The van der Waals surface area contributed by atoms with Gasteiger partial charge in [-0.1, -0.05) is 49.9 Å². The van der Waals surface area contributed by atoms with Crippen LogP contribution in [0.1, 0.15) is 45.2 Å². The normalized spacial score (nSPS) is 16.7. The lowest BCUT2D eigenvalue weighted by molar-refractivity contribution is 0.198. The van der Waals surface area contributed by atoms with Gasteiger partial charge in [0, 0.05) is 24.8 Å². The molecule has 1 fully saturated rings. The van der Waals surface area contributed by atoms with Crippen molar-refractivity contribution in [1.29, 1.82) is 0 Å². The Morgan fingerprint density at radius 2 is 1.85 bits per heavy atom. The van der Waals surface area contributed by atoms with Gasteiger partial charge in [-0.05, 0) is 24.3 Å². The second kappa shape index (κ2) is 8.07. The van der Waals surface area contributed by atoms with Gasteiger partial charge in [0.05, 0.1) is 23.5 Å². The van der Waals surface area contributed by atoms with Crippen LogP contribution in [-0.2, 0) is 6.61 Å². The third-order valence-electron chi connectivity index (χ3n) is 5.72. The van der Waals surface area contributed by atoms with Crippen LogP contribution in [0.2, 0.25) is 10.2 Å². The molecule has 7 heteroatoms. The Labute approximate surface area is 164 Å². The quantitative estimate of drug-likeness (QED) is 0.741. The van der Waals surface area contributed by atoms with Gasteiger partial charge in [0.25, 0.3) is 0 Å². The Hall–Kier alpha value is -1.43. The first-order valence-corrected chi connectivity index (χ1v) is 9.81. The van der Waals surface area contributed by atoms with Crippen molar-refractivity contribution < 1.29 is 5.11 Å². The molecule has 0 saturated carbocycles. The topological polar surface area (TPSA) is 62.1 Å². The second-order valence-electron chi connectivity index (χ2n) is 6.84. The molecule has 2 aromatic rings. The Morgan fingerprint density at radius 1 is 1.15 bits per heavy atom. The number of nitrogens with zero attached hydrogens (tertiary/aromatic N) is 4. The van der Waals surface area contributed by atoms with Crippen LogP contribution in [0.3, 0.4) is 0 Å². The lowest BCUT2D eigenvalue weighted by Crippen LogP contribution is -2.40. The first kappa shape index (κ1) is 19.3. The highest BCUT2D eigenvalue weighted by molar-refractivity contribution is 6.42. The van der Waals surface area contributed by atoms with Gasteiger partial charge in [-0.15, -0.1) is 0 Å². The molecule has 0 amide bonds. The van der Waals surface area contributed by atoms with Crippen molar-refractivity contribution in [3.8, 4) is 11.3 Å². The highest BCUT2D eigenvalue weighted by Crippen LogP contribution is 2.39. The molecule has 1 N–H and O–H groups in total. The Bertz CT molecular complexity index is 770. The zero-order valence-corrected chi connectivity index (χ0v) is 16.7. The zero-order chi connectivity index (χ0) is 18.7. The summed E-state index contributed by atoms with van der Waals surface area (Å²) >= 11 is 12.2. The van der Waals surface area contributed by atoms with Crippen molar-refractivity contribution >= 4 is 29.0 Å². The van der Waals surface area contributed by atoms with Gasteiger partial charge >= 0.3 is 0 Å². The van der Waals surface area contributed by atoms with Crippen molar-refractivity contribution in [2.45, 2.75) is 46.1 Å². The number of hydrogen-bond donors (Lipinski definition) is 1. The van der Waals surface area contributed by atoms with E-state index in [9.17, 15) is 5.11 Å². The van der Waals surface area contributed by atoms with Gasteiger partial charge in [0.2, 0.25) is 0 Å². The number of aliphatic hydroxyl groups excluding tert-OH is 1. The molecule has 0 aliphatic carbocycles. The Balaban J connectivity index is 1.88. The largest absolute Gasteiger partial charge is 0.390 e. The summed E-state index contributed by atoms with van der Waals surface area (Å²) in [5, 5.41) is 10.4. The van der Waals surface area contributed by atoms with Gasteiger partial charge < -0.3 is 10.0 Å². The van der Waals surface area contributed by atoms with E-state index in [1.54, 1.807) is 18.5 Å². The molecule has 5 nitrogen and oxygen atoms in total. The van der Waals surface area contributed by atoms with Crippen molar-refractivity contribution in [3.05, 3.63) is 34.3 Å². The number of pyridine rings is 1. The molecule has 0 bridgehead atoms. The van der Waals surface area contributed by atoms with E-state index in [4.69, 9.17) is 23.2 Å². The van der Waals surface area contributed by atoms with Crippen molar-refractivity contribution in [2.75, 3.05) is 18.0 Å². The summed E-state index contributed by atoms with van der Waals surface area (Å²) in [4.78, 5) is 15.4. The third-order valence-corrected chi connectivity index (χ3v) is 6.48. The Kier molecular flexibility index (Phi) is 6.00. The van der Waals surface area contributed by atoms with E-state index in [0.717, 1.165) is 31.7 Å². The SMILES string of the molecule is CCC1(CC)CCN(c2ncc(-c3ccnc(Cl)c3Cl)nc2CO)CC1. The lowest BCUT2D eigenvalue weighted by atomic mass is 9.74. The fraction of sp³-hybridized carbons (Fsp3) is 0.526. The highest BCUT2D eigenvalue weighted by atomic mass is 35.5. The number of hydrogen-bond acceptors (Lipinski definition) is 5. The van der Waals surface area contributed by atoms with Crippen LogP contribution in [0, 0.1) is 5.41 Å². The average molecular weight is 395 g/mol. The molecule has 1 saturated heterocycles. The predicted octanol–water partition coefficient (Wildman–Crippen LogP) is 4.74. The van der Waals surface area contributed by atoms with Crippen LogP contribution in [-0.4, -0.2) is 33.1 Å². The van der Waals surface area contributed by atoms with Crippen LogP contribution in [0.25, 0.3) is 11.3 Å². The molecule has 1 aliphatic rings. The molecule has 3 heterocycles. The molecule has 1 aliphatic heterocycles. The molecule has 0 unspecified atom stereocenters. The molecule has 0 aromatic carbocycles. The van der Waals surface area contributed by atoms with Crippen molar-refractivity contribution in [1.82, 2.24) is 15.0 Å². The second-order valence-corrected chi connectivity index (χ2v) is 7.58. The van der Waals surface area contributed by atoms with Crippen LogP contribution in [0.4, 0.5) is 5.82 Å². The van der Waals surface area contributed by atoms with Crippen molar-refractivity contribution in [3.63, 3.8) is 0 Å². The van der Waals surface area contributed by atoms with E-state index in [0.29, 0.717) is 27.4 Å². The molecule has 0 atom stereocenters. The number of halogens is 2. The predicted molar refractivity (Wildman–Crippen MR) is 106 cm³/mol. The number of piperidine rings is 1.